The Bertz CT molecular complexity index is 651. The van der Waals surface area contributed by atoms with E-state index in [0.29, 0.717) is 28.7 Å². The average Bonchev–Trinajstić information content (AvgIpc) is 2.93. The maximum atomic E-state index is 10.0. The molecule has 0 saturated heterocycles. The van der Waals surface area contributed by atoms with Gasteiger partial charge in [0.15, 0.2) is 0 Å². The lowest BCUT2D eigenvalue weighted by molar-refractivity contribution is 0.178. The lowest BCUT2D eigenvalue weighted by Gasteiger charge is -2.11. The predicted molar refractivity (Wildman–Crippen MR) is 83.7 cm³/mol. The van der Waals surface area contributed by atoms with Crippen LogP contribution in [-0.4, -0.2) is 18.8 Å². The van der Waals surface area contributed by atoms with E-state index in [9.17, 15) is 5.11 Å². The molecule has 0 aliphatic heterocycles. The number of benzene rings is 1. The molecule has 2 N–H and O–H groups in total. The zero-order valence-electron chi connectivity index (χ0n) is 11.5. The van der Waals surface area contributed by atoms with E-state index in [1.807, 2.05) is 12.1 Å². The number of hydrogen-bond acceptors (Lipinski definition) is 5. The van der Waals surface area contributed by atoms with Crippen LogP contribution in [0.4, 0.5) is 0 Å². The topological polar surface area (TPSA) is 65.3 Å². The third-order valence-corrected chi connectivity index (χ3v) is 4.31. The van der Waals surface area contributed by atoms with Crippen LogP contribution in [0, 0.1) is 11.3 Å². The number of hydrogen-bond donors (Lipinski definition) is 2. The third-order valence-electron chi connectivity index (χ3n) is 2.97. The van der Waals surface area contributed by atoms with Crippen LogP contribution in [0.3, 0.4) is 0 Å². The van der Waals surface area contributed by atoms with Gasteiger partial charge in [-0.3, -0.25) is 0 Å². The molecule has 21 heavy (non-hydrogen) atoms. The first-order chi connectivity index (χ1) is 10.1. The van der Waals surface area contributed by atoms with E-state index < -0.39 is 6.10 Å². The molecule has 0 spiro atoms. The Balaban J connectivity index is 1.90. The molecule has 0 bridgehead atoms. The average molecular weight is 323 g/mol. The fourth-order valence-electron chi connectivity index (χ4n) is 1.91. The highest BCUT2D eigenvalue weighted by Gasteiger charge is 2.10. The van der Waals surface area contributed by atoms with Crippen LogP contribution in [0.25, 0.3) is 0 Å². The summed E-state index contributed by atoms with van der Waals surface area (Å²) in [5.74, 6) is 0.564. The monoisotopic (exact) mass is 322 g/mol. The number of nitriles is 1. The van der Waals surface area contributed by atoms with Crippen molar-refractivity contribution in [2.24, 2.45) is 0 Å². The molecule has 0 radical (unpaired) electrons. The van der Waals surface area contributed by atoms with Gasteiger partial charge in [0.05, 0.1) is 17.0 Å². The second-order valence-electron chi connectivity index (χ2n) is 4.44. The Morgan fingerprint density at radius 2 is 2.24 bits per heavy atom. The molecule has 1 atom stereocenters. The third kappa shape index (κ3) is 4.19. The fourth-order valence-corrected chi connectivity index (χ4v) is 2.96. The van der Waals surface area contributed by atoms with Crippen molar-refractivity contribution >= 4 is 22.9 Å². The number of ether oxygens (including phenoxy) is 1. The first-order valence-corrected chi connectivity index (χ1v) is 7.54. The predicted octanol–water partition coefficient (Wildman–Crippen LogP) is 3.10. The van der Waals surface area contributed by atoms with E-state index in [1.54, 1.807) is 18.2 Å². The summed E-state index contributed by atoms with van der Waals surface area (Å²) in [6, 6.07) is 11.1. The van der Waals surface area contributed by atoms with Crippen LogP contribution >= 0.6 is 22.9 Å². The smallest absolute Gasteiger partial charge is 0.136 e. The van der Waals surface area contributed by atoms with Gasteiger partial charge in [0.1, 0.15) is 17.9 Å². The van der Waals surface area contributed by atoms with Gasteiger partial charge in [0.2, 0.25) is 0 Å². The molecule has 1 unspecified atom stereocenters. The summed E-state index contributed by atoms with van der Waals surface area (Å²) in [5.41, 5.74) is 1.46. The van der Waals surface area contributed by atoms with Crippen molar-refractivity contribution in [3.05, 3.63) is 50.7 Å². The zero-order chi connectivity index (χ0) is 15.2. The number of halogens is 1. The maximum absolute atomic E-state index is 10.0. The van der Waals surface area contributed by atoms with Gasteiger partial charge in [-0.2, -0.15) is 5.26 Å². The molecule has 1 aromatic heterocycles. The summed E-state index contributed by atoms with van der Waals surface area (Å²) in [4.78, 5) is 0.833. The van der Waals surface area contributed by atoms with Gasteiger partial charge in [-0.25, -0.2) is 0 Å². The highest BCUT2D eigenvalue weighted by atomic mass is 35.5. The molecule has 0 fully saturated rings. The van der Waals surface area contributed by atoms with Crippen molar-refractivity contribution in [3.63, 3.8) is 0 Å². The van der Waals surface area contributed by atoms with Gasteiger partial charge in [0, 0.05) is 18.0 Å². The minimum Gasteiger partial charge on any atom is -0.495 e. The quantitative estimate of drug-likeness (QED) is 0.857. The van der Waals surface area contributed by atoms with Crippen LogP contribution in [0.5, 0.6) is 5.75 Å². The Kier molecular flexibility index (Phi) is 5.59. The molecule has 2 aromatic rings. The van der Waals surface area contributed by atoms with E-state index >= 15 is 0 Å². The van der Waals surface area contributed by atoms with Crippen molar-refractivity contribution in [1.29, 1.82) is 5.26 Å². The molecule has 0 saturated carbocycles. The van der Waals surface area contributed by atoms with Gasteiger partial charge < -0.3 is 15.2 Å². The van der Waals surface area contributed by atoms with Crippen molar-refractivity contribution in [2.45, 2.75) is 12.6 Å². The molecule has 110 valence electrons. The van der Waals surface area contributed by atoms with Crippen molar-refractivity contribution < 1.29 is 9.84 Å². The molecule has 0 amide bonds. The first-order valence-electron chi connectivity index (χ1n) is 6.35. The van der Waals surface area contributed by atoms with Crippen LogP contribution in [0.1, 0.15) is 22.1 Å². The molecule has 4 nitrogen and oxygen atoms in total. The Labute approximate surface area is 132 Å². The molecular weight excluding hydrogens is 308 g/mol. The fraction of sp³-hybridized carbons (Fsp3) is 0.267. The zero-order valence-corrected chi connectivity index (χ0v) is 13.0. The molecule has 0 aliphatic rings. The van der Waals surface area contributed by atoms with Gasteiger partial charge in [-0.1, -0.05) is 17.7 Å². The molecule has 1 heterocycles. The molecule has 0 aliphatic carbocycles. The van der Waals surface area contributed by atoms with E-state index in [1.165, 1.54) is 18.4 Å². The lowest BCUT2D eigenvalue weighted by atomic mass is 10.1. The number of aliphatic hydroxyl groups is 1. The highest BCUT2D eigenvalue weighted by molar-refractivity contribution is 7.16. The van der Waals surface area contributed by atoms with Crippen LogP contribution in [0.15, 0.2) is 30.3 Å². The summed E-state index contributed by atoms with van der Waals surface area (Å²) in [5, 5.41) is 22.2. The second-order valence-corrected chi connectivity index (χ2v) is 6.18. The lowest BCUT2D eigenvalue weighted by Crippen LogP contribution is -2.20. The summed E-state index contributed by atoms with van der Waals surface area (Å²) in [6.45, 7) is 0.986. The first kappa shape index (κ1) is 15.8. The Morgan fingerprint density at radius 3 is 2.86 bits per heavy atom. The number of thiophene rings is 1. The van der Waals surface area contributed by atoms with Crippen molar-refractivity contribution in [3.8, 4) is 11.8 Å². The van der Waals surface area contributed by atoms with Gasteiger partial charge in [-0.15, -0.1) is 11.3 Å². The molecular formula is C15H15ClN2O2S. The van der Waals surface area contributed by atoms with E-state index in [0.717, 1.165) is 10.4 Å². The molecule has 2 rings (SSSR count). The summed E-state index contributed by atoms with van der Waals surface area (Å²) in [7, 11) is 1.54. The van der Waals surface area contributed by atoms with Crippen molar-refractivity contribution in [1.82, 2.24) is 5.32 Å². The number of aliphatic hydroxyl groups excluding tert-OH is 1. The standard InChI is InChI=1S/C15H15ClN2O2S/c1-20-13-3-2-10(6-11(13)7-17)8-18-9-12(19)14-4-5-15(16)21-14/h2-6,12,18-19H,8-9H2,1H3. The summed E-state index contributed by atoms with van der Waals surface area (Å²) >= 11 is 7.21. The van der Waals surface area contributed by atoms with E-state index in [-0.39, 0.29) is 0 Å². The summed E-state index contributed by atoms with van der Waals surface area (Å²) < 4.78 is 5.76. The number of nitrogens with zero attached hydrogens (tertiary/aromatic N) is 1. The Hall–Kier alpha value is -1.58. The van der Waals surface area contributed by atoms with Crippen molar-refractivity contribution in [2.75, 3.05) is 13.7 Å². The normalized spacial score (nSPS) is 11.9. The number of nitrogens with one attached hydrogen (secondary N) is 1. The van der Waals surface area contributed by atoms with Crippen LogP contribution in [0.2, 0.25) is 4.34 Å². The Morgan fingerprint density at radius 1 is 1.43 bits per heavy atom. The van der Waals surface area contributed by atoms with E-state index in [2.05, 4.69) is 11.4 Å². The van der Waals surface area contributed by atoms with Crippen LogP contribution in [-0.2, 0) is 6.54 Å². The maximum Gasteiger partial charge on any atom is 0.136 e. The number of methoxy groups -OCH3 is 1. The van der Waals surface area contributed by atoms with Gasteiger partial charge >= 0.3 is 0 Å². The minimum absolute atomic E-state index is 0.421. The summed E-state index contributed by atoms with van der Waals surface area (Å²) in [6.07, 6.45) is -0.587. The largest absolute Gasteiger partial charge is 0.495 e. The van der Waals surface area contributed by atoms with Crippen LogP contribution < -0.4 is 10.1 Å². The SMILES string of the molecule is COc1ccc(CNCC(O)c2ccc(Cl)s2)cc1C#N. The van der Waals surface area contributed by atoms with Gasteiger partial charge in [-0.05, 0) is 29.8 Å². The highest BCUT2D eigenvalue weighted by Crippen LogP contribution is 2.26. The molecule has 1 aromatic carbocycles. The minimum atomic E-state index is -0.587. The van der Waals surface area contributed by atoms with Gasteiger partial charge in [0.25, 0.3) is 0 Å². The van der Waals surface area contributed by atoms with E-state index in [4.69, 9.17) is 21.6 Å². The second kappa shape index (κ2) is 7.43. The number of rotatable bonds is 6. The molecule has 6 heteroatoms.